The smallest absolute Gasteiger partial charge is 0.0590 e. The Bertz CT molecular complexity index is 135. The predicted octanol–water partition coefficient (Wildman–Crippen LogP) is 2.83. The van der Waals surface area contributed by atoms with Gasteiger partial charge in [-0.1, -0.05) is 26.7 Å². The molecular formula is C13H27NO. The zero-order valence-electron chi connectivity index (χ0n) is 10.4. The minimum atomic E-state index is 0.835. The van der Waals surface area contributed by atoms with E-state index in [2.05, 4.69) is 19.2 Å². The van der Waals surface area contributed by atoms with Gasteiger partial charge in [-0.25, -0.2) is 0 Å². The Morgan fingerprint density at radius 1 is 1.20 bits per heavy atom. The second-order valence-electron chi connectivity index (χ2n) is 5.13. The maximum absolute atomic E-state index is 5.55. The first-order valence-corrected chi connectivity index (χ1v) is 6.57. The molecule has 0 unspecified atom stereocenters. The lowest BCUT2D eigenvalue weighted by Gasteiger charge is -2.07. The Labute approximate surface area is 94.8 Å². The third-order valence-electron chi connectivity index (χ3n) is 2.93. The molecule has 1 saturated carbocycles. The molecule has 0 spiro atoms. The maximum atomic E-state index is 5.55. The van der Waals surface area contributed by atoms with Crippen LogP contribution in [0.1, 0.15) is 46.0 Å². The Morgan fingerprint density at radius 2 is 2.00 bits per heavy atom. The third kappa shape index (κ3) is 8.88. The van der Waals surface area contributed by atoms with Gasteiger partial charge in [-0.3, -0.25) is 0 Å². The molecule has 0 amide bonds. The molecule has 1 aliphatic rings. The Morgan fingerprint density at radius 3 is 2.67 bits per heavy atom. The molecular weight excluding hydrogens is 186 g/mol. The van der Waals surface area contributed by atoms with E-state index in [4.69, 9.17) is 4.74 Å². The van der Waals surface area contributed by atoms with Crippen molar-refractivity contribution in [2.75, 3.05) is 26.3 Å². The topological polar surface area (TPSA) is 21.3 Å². The number of ether oxygens (including phenoxy) is 1. The lowest BCUT2D eigenvalue weighted by atomic mass is 10.1. The van der Waals surface area contributed by atoms with E-state index < -0.39 is 0 Å². The van der Waals surface area contributed by atoms with Crippen molar-refractivity contribution < 1.29 is 4.74 Å². The maximum Gasteiger partial charge on any atom is 0.0590 e. The van der Waals surface area contributed by atoms with Crippen LogP contribution in [0.2, 0.25) is 0 Å². The molecule has 0 radical (unpaired) electrons. The van der Waals surface area contributed by atoms with Gasteiger partial charge in [0.05, 0.1) is 6.61 Å². The van der Waals surface area contributed by atoms with Gasteiger partial charge in [0.1, 0.15) is 0 Å². The van der Waals surface area contributed by atoms with Gasteiger partial charge in [-0.15, -0.1) is 0 Å². The van der Waals surface area contributed by atoms with E-state index in [0.29, 0.717) is 0 Å². The van der Waals surface area contributed by atoms with Crippen LogP contribution in [0.15, 0.2) is 0 Å². The highest BCUT2D eigenvalue weighted by molar-refractivity contribution is 4.72. The van der Waals surface area contributed by atoms with Crippen molar-refractivity contribution in [1.29, 1.82) is 0 Å². The first kappa shape index (κ1) is 13.0. The zero-order valence-corrected chi connectivity index (χ0v) is 10.4. The Kier molecular flexibility index (Phi) is 7.03. The van der Waals surface area contributed by atoms with Crippen LogP contribution in [-0.4, -0.2) is 26.3 Å². The summed E-state index contributed by atoms with van der Waals surface area (Å²) < 4.78 is 5.55. The molecule has 0 aromatic carbocycles. The summed E-state index contributed by atoms with van der Waals surface area (Å²) >= 11 is 0. The second kappa shape index (κ2) is 8.12. The van der Waals surface area contributed by atoms with Crippen molar-refractivity contribution in [3.05, 3.63) is 0 Å². The van der Waals surface area contributed by atoms with Crippen LogP contribution >= 0.6 is 0 Å². The molecule has 2 heteroatoms. The standard InChI is InChI=1S/C13H27NO/c1-12(2)4-3-8-14-9-11-15-10-7-13-5-6-13/h12-14H,3-11H2,1-2H3. The molecule has 0 heterocycles. The number of nitrogens with one attached hydrogen (secondary N) is 1. The first-order valence-electron chi connectivity index (χ1n) is 6.57. The molecule has 0 aromatic heterocycles. The van der Waals surface area contributed by atoms with E-state index in [0.717, 1.165) is 38.1 Å². The average Bonchev–Trinajstić information content (AvgIpc) is 2.98. The highest BCUT2D eigenvalue weighted by atomic mass is 16.5. The van der Waals surface area contributed by atoms with E-state index in [1.54, 1.807) is 0 Å². The van der Waals surface area contributed by atoms with Crippen molar-refractivity contribution in [1.82, 2.24) is 5.32 Å². The predicted molar refractivity (Wildman–Crippen MR) is 65.1 cm³/mol. The zero-order chi connectivity index (χ0) is 10.9. The van der Waals surface area contributed by atoms with E-state index in [-0.39, 0.29) is 0 Å². The van der Waals surface area contributed by atoms with E-state index in [1.165, 1.54) is 32.1 Å². The Hall–Kier alpha value is -0.0800. The fourth-order valence-corrected chi connectivity index (χ4v) is 1.66. The summed E-state index contributed by atoms with van der Waals surface area (Å²) in [6, 6.07) is 0. The monoisotopic (exact) mass is 213 g/mol. The molecule has 0 aromatic rings. The molecule has 1 aliphatic carbocycles. The SMILES string of the molecule is CC(C)CCCNCCOCCC1CC1. The Balaban J connectivity index is 1.65. The van der Waals surface area contributed by atoms with Crippen LogP contribution in [0.25, 0.3) is 0 Å². The summed E-state index contributed by atoms with van der Waals surface area (Å²) in [7, 11) is 0. The van der Waals surface area contributed by atoms with Gasteiger partial charge in [0, 0.05) is 13.2 Å². The first-order chi connectivity index (χ1) is 7.29. The van der Waals surface area contributed by atoms with Gasteiger partial charge in [-0.05, 0) is 37.6 Å². The van der Waals surface area contributed by atoms with E-state index in [1.807, 2.05) is 0 Å². The quantitative estimate of drug-likeness (QED) is 0.563. The van der Waals surface area contributed by atoms with E-state index >= 15 is 0 Å². The summed E-state index contributed by atoms with van der Waals surface area (Å²) in [4.78, 5) is 0. The molecule has 1 fully saturated rings. The van der Waals surface area contributed by atoms with Gasteiger partial charge in [0.2, 0.25) is 0 Å². The summed E-state index contributed by atoms with van der Waals surface area (Å²) in [5, 5.41) is 3.42. The van der Waals surface area contributed by atoms with Gasteiger partial charge in [0.15, 0.2) is 0 Å². The molecule has 0 saturated heterocycles. The lowest BCUT2D eigenvalue weighted by Crippen LogP contribution is -2.21. The summed E-state index contributed by atoms with van der Waals surface area (Å²) in [5.74, 6) is 1.84. The molecule has 0 aliphatic heterocycles. The minimum absolute atomic E-state index is 0.835. The van der Waals surface area contributed by atoms with Gasteiger partial charge in [0.25, 0.3) is 0 Å². The highest BCUT2D eigenvalue weighted by Crippen LogP contribution is 2.31. The molecule has 15 heavy (non-hydrogen) atoms. The molecule has 90 valence electrons. The van der Waals surface area contributed by atoms with Crippen LogP contribution in [0.4, 0.5) is 0 Å². The number of rotatable bonds is 10. The van der Waals surface area contributed by atoms with Crippen molar-refractivity contribution in [2.45, 2.75) is 46.0 Å². The molecule has 0 atom stereocenters. The lowest BCUT2D eigenvalue weighted by molar-refractivity contribution is 0.130. The van der Waals surface area contributed by atoms with Crippen molar-refractivity contribution >= 4 is 0 Å². The van der Waals surface area contributed by atoms with Crippen LogP contribution in [-0.2, 0) is 4.74 Å². The summed E-state index contributed by atoms with van der Waals surface area (Å²) in [6.45, 7) is 8.57. The van der Waals surface area contributed by atoms with Gasteiger partial charge < -0.3 is 10.1 Å². The number of hydrogen-bond acceptors (Lipinski definition) is 2. The number of hydrogen-bond donors (Lipinski definition) is 1. The third-order valence-corrected chi connectivity index (χ3v) is 2.93. The van der Waals surface area contributed by atoms with Crippen LogP contribution in [0, 0.1) is 11.8 Å². The van der Waals surface area contributed by atoms with Crippen molar-refractivity contribution in [3.63, 3.8) is 0 Å². The van der Waals surface area contributed by atoms with Gasteiger partial charge >= 0.3 is 0 Å². The highest BCUT2D eigenvalue weighted by Gasteiger charge is 2.20. The summed E-state index contributed by atoms with van der Waals surface area (Å²) in [5.41, 5.74) is 0. The van der Waals surface area contributed by atoms with Crippen LogP contribution in [0.5, 0.6) is 0 Å². The van der Waals surface area contributed by atoms with Crippen LogP contribution in [0.3, 0.4) is 0 Å². The minimum Gasteiger partial charge on any atom is -0.380 e. The average molecular weight is 213 g/mol. The largest absolute Gasteiger partial charge is 0.380 e. The molecule has 0 bridgehead atoms. The molecule has 1 N–H and O–H groups in total. The fraction of sp³-hybridized carbons (Fsp3) is 1.00. The van der Waals surface area contributed by atoms with E-state index in [9.17, 15) is 0 Å². The molecule has 1 rings (SSSR count). The van der Waals surface area contributed by atoms with Crippen molar-refractivity contribution in [3.8, 4) is 0 Å². The molecule has 2 nitrogen and oxygen atoms in total. The fourth-order valence-electron chi connectivity index (χ4n) is 1.66. The normalized spacial score (nSPS) is 16.2. The van der Waals surface area contributed by atoms with Crippen molar-refractivity contribution in [2.24, 2.45) is 11.8 Å². The van der Waals surface area contributed by atoms with Crippen LogP contribution < -0.4 is 5.32 Å². The summed E-state index contributed by atoms with van der Waals surface area (Å²) in [6.07, 6.45) is 6.79. The van der Waals surface area contributed by atoms with Gasteiger partial charge in [-0.2, -0.15) is 0 Å². The second-order valence-corrected chi connectivity index (χ2v) is 5.13.